The van der Waals surface area contributed by atoms with Gasteiger partial charge in [0.1, 0.15) is 0 Å². The Hall–Kier alpha value is 0.280. The van der Waals surface area contributed by atoms with Crippen LogP contribution in [0.3, 0.4) is 0 Å². The first-order valence-corrected chi connectivity index (χ1v) is 5.51. The van der Waals surface area contributed by atoms with E-state index in [1.165, 1.54) is 5.56 Å². The van der Waals surface area contributed by atoms with Gasteiger partial charge in [0.2, 0.25) is 0 Å². The first-order chi connectivity index (χ1) is 5.77. The van der Waals surface area contributed by atoms with Crippen molar-refractivity contribution in [3.8, 4) is 0 Å². The summed E-state index contributed by atoms with van der Waals surface area (Å²) in [7, 11) is 0. The fourth-order valence-corrected chi connectivity index (χ4v) is 1.90. The Labute approximate surface area is 91.0 Å². The molecule has 0 aliphatic heterocycles. The van der Waals surface area contributed by atoms with Gasteiger partial charge in [0, 0.05) is 22.2 Å². The summed E-state index contributed by atoms with van der Waals surface area (Å²) in [4.78, 5) is 0. The molecular formula is C9H9BrCl2. The van der Waals surface area contributed by atoms with Crippen molar-refractivity contribution in [2.75, 3.05) is 11.8 Å². The first kappa shape index (κ1) is 10.4. The van der Waals surface area contributed by atoms with Crippen LogP contribution < -0.4 is 0 Å². The average molecular weight is 268 g/mol. The quantitative estimate of drug-likeness (QED) is 0.726. The van der Waals surface area contributed by atoms with Gasteiger partial charge in [0.05, 0.1) is 0 Å². The van der Waals surface area contributed by atoms with Crippen molar-refractivity contribution in [2.45, 2.75) is 5.92 Å². The minimum absolute atomic E-state index is 0.265. The van der Waals surface area contributed by atoms with Crippen LogP contribution in [0.5, 0.6) is 0 Å². The Morgan fingerprint density at radius 1 is 1.08 bits per heavy atom. The minimum atomic E-state index is 0.265. The van der Waals surface area contributed by atoms with Crippen molar-refractivity contribution in [3.63, 3.8) is 0 Å². The van der Waals surface area contributed by atoms with Crippen molar-refractivity contribution < 1.29 is 0 Å². The predicted octanol–water partition coefficient (Wildman–Crippen LogP) is 4.01. The highest BCUT2D eigenvalue weighted by Crippen LogP contribution is 2.20. The van der Waals surface area contributed by atoms with Gasteiger partial charge in [-0.2, -0.15) is 0 Å². The molecule has 3 heteroatoms. The maximum absolute atomic E-state index is 5.75. The molecule has 0 aliphatic carbocycles. The van der Waals surface area contributed by atoms with E-state index in [0.29, 0.717) is 11.8 Å². The second kappa shape index (κ2) is 5.11. The largest absolute Gasteiger partial charge is 0.126 e. The van der Waals surface area contributed by atoms with Crippen LogP contribution in [0.15, 0.2) is 28.7 Å². The third-order valence-corrected chi connectivity index (χ3v) is 2.99. The van der Waals surface area contributed by atoms with Gasteiger partial charge >= 0.3 is 0 Å². The van der Waals surface area contributed by atoms with E-state index in [9.17, 15) is 0 Å². The van der Waals surface area contributed by atoms with Crippen LogP contribution in [0, 0.1) is 0 Å². The monoisotopic (exact) mass is 266 g/mol. The summed E-state index contributed by atoms with van der Waals surface area (Å²) < 4.78 is 1.08. The van der Waals surface area contributed by atoms with Crippen molar-refractivity contribution in [2.24, 2.45) is 0 Å². The molecule has 0 atom stereocenters. The van der Waals surface area contributed by atoms with E-state index < -0.39 is 0 Å². The van der Waals surface area contributed by atoms with Crippen LogP contribution in [0.2, 0.25) is 0 Å². The van der Waals surface area contributed by atoms with E-state index in [1.54, 1.807) is 0 Å². The molecule has 0 fully saturated rings. The van der Waals surface area contributed by atoms with Crippen LogP contribution in [-0.4, -0.2) is 11.8 Å². The van der Waals surface area contributed by atoms with Crippen molar-refractivity contribution in [1.82, 2.24) is 0 Å². The maximum atomic E-state index is 5.75. The number of halogens is 3. The highest BCUT2D eigenvalue weighted by atomic mass is 79.9. The summed E-state index contributed by atoms with van der Waals surface area (Å²) in [5.41, 5.74) is 1.20. The van der Waals surface area contributed by atoms with Crippen molar-refractivity contribution in [1.29, 1.82) is 0 Å². The van der Waals surface area contributed by atoms with Gasteiger partial charge in [-0.15, -0.1) is 23.2 Å². The average Bonchev–Trinajstić information content (AvgIpc) is 2.10. The summed E-state index contributed by atoms with van der Waals surface area (Å²) in [5, 5.41) is 0. The highest BCUT2D eigenvalue weighted by molar-refractivity contribution is 9.10. The molecule has 12 heavy (non-hydrogen) atoms. The summed E-state index contributed by atoms with van der Waals surface area (Å²) in [5.74, 6) is 1.41. The molecule has 0 saturated carbocycles. The van der Waals surface area contributed by atoms with Crippen LogP contribution in [0.25, 0.3) is 0 Å². The topological polar surface area (TPSA) is 0 Å². The predicted molar refractivity (Wildman–Crippen MR) is 58.3 cm³/mol. The number of rotatable bonds is 3. The molecule has 0 radical (unpaired) electrons. The van der Waals surface area contributed by atoms with Crippen molar-refractivity contribution >= 4 is 39.1 Å². The second-order valence-corrected chi connectivity index (χ2v) is 4.09. The van der Waals surface area contributed by atoms with Gasteiger partial charge in [0.25, 0.3) is 0 Å². The van der Waals surface area contributed by atoms with Gasteiger partial charge in [0.15, 0.2) is 0 Å². The van der Waals surface area contributed by atoms with Gasteiger partial charge in [-0.3, -0.25) is 0 Å². The lowest BCUT2D eigenvalue weighted by atomic mass is 10.0. The van der Waals surface area contributed by atoms with E-state index in [4.69, 9.17) is 23.2 Å². The Kier molecular flexibility index (Phi) is 4.41. The Balaban J connectivity index is 2.80. The summed E-state index contributed by atoms with van der Waals surface area (Å²) in [6.07, 6.45) is 0. The van der Waals surface area contributed by atoms with E-state index in [1.807, 2.05) is 24.3 Å². The first-order valence-electron chi connectivity index (χ1n) is 3.65. The molecular weight excluding hydrogens is 259 g/mol. The van der Waals surface area contributed by atoms with E-state index in [-0.39, 0.29) is 5.92 Å². The summed E-state index contributed by atoms with van der Waals surface area (Å²) in [6, 6.07) is 8.09. The van der Waals surface area contributed by atoms with Gasteiger partial charge in [-0.1, -0.05) is 28.1 Å². The lowest BCUT2D eigenvalue weighted by Gasteiger charge is -2.09. The number of benzene rings is 1. The van der Waals surface area contributed by atoms with Gasteiger partial charge in [-0.25, -0.2) is 0 Å². The lowest BCUT2D eigenvalue weighted by molar-refractivity contribution is 0.883. The molecule has 0 bridgehead atoms. The molecule has 0 heterocycles. The number of hydrogen-bond donors (Lipinski definition) is 0. The standard InChI is InChI=1S/C9H9BrCl2/c10-9-3-1-7(2-4-9)8(5-11)6-12/h1-4,8H,5-6H2. The van der Waals surface area contributed by atoms with E-state index in [0.717, 1.165) is 4.47 Å². The molecule has 1 rings (SSSR count). The third-order valence-electron chi connectivity index (χ3n) is 1.71. The Morgan fingerprint density at radius 3 is 2.00 bits per heavy atom. The van der Waals surface area contributed by atoms with Crippen LogP contribution in [0.4, 0.5) is 0 Å². The molecule has 0 saturated heterocycles. The Morgan fingerprint density at radius 2 is 1.58 bits per heavy atom. The van der Waals surface area contributed by atoms with E-state index in [2.05, 4.69) is 15.9 Å². The molecule has 1 aromatic rings. The normalized spacial score (nSPS) is 10.7. The molecule has 1 aromatic carbocycles. The fraction of sp³-hybridized carbons (Fsp3) is 0.333. The molecule has 0 aromatic heterocycles. The molecule has 0 spiro atoms. The fourth-order valence-electron chi connectivity index (χ4n) is 0.954. The van der Waals surface area contributed by atoms with E-state index >= 15 is 0 Å². The number of hydrogen-bond acceptors (Lipinski definition) is 0. The molecule has 0 unspecified atom stereocenters. The summed E-state index contributed by atoms with van der Waals surface area (Å²) in [6.45, 7) is 0. The lowest BCUT2D eigenvalue weighted by Crippen LogP contribution is -2.01. The van der Waals surface area contributed by atoms with Crippen LogP contribution in [0.1, 0.15) is 11.5 Å². The highest BCUT2D eigenvalue weighted by Gasteiger charge is 2.07. The SMILES string of the molecule is ClCC(CCl)c1ccc(Br)cc1. The van der Waals surface area contributed by atoms with Gasteiger partial charge in [-0.05, 0) is 17.7 Å². The van der Waals surface area contributed by atoms with Crippen molar-refractivity contribution in [3.05, 3.63) is 34.3 Å². The smallest absolute Gasteiger partial charge is 0.0303 e. The molecule has 0 amide bonds. The molecule has 0 N–H and O–H groups in total. The molecule has 66 valence electrons. The van der Waals surface area contributed by atoms with Gasteiger partial charge < -0.3 is 0 Å². The third kappa shape index (κ3) is 2.65. The zero-order valence-corrected chi connectivity index (χ0v) is 9.53. The molecule has 0 aliphatic rings. The zero-order valence-electron chi connectivity index (χ0n) is 6.43. The van der Waals surface area contributed by atoms with Crippen LogP contribution in [-0.2, 0) is 0 Å². The zero-order chi connectivity index (χ0) is 8.97. The second-order valence-electron chi connectivity index (χ2n) is 2.56. The molecule has 0 nitrogen and oxygen atoms in total. The number of alkyl halides is 2. The summed E-state index contributed by atoms with van der Waals surface area (Å²) >= 11 is 14.9. The van der Waals surface area contributed by atoms with Crippen LogP contribution >= 0.6 is 39.1 Å². The minimum Gasteiger partial charge on any atom is -0.126 e. The Bertz CT molecular complexity index is 229. The maximum Gasteiger partial charge on any atom is 0.0303 e.